The van der Waals surface area contributed by atoms with Crippen LogP contribution in [0.25, 0.3) is 33.1 Å². The highest BCUT2D eigenvalue weighted by molar-refractivity contribution is 6.26. The smallest absolute Gasteiger partial charge is 0.261 e. The van der Waals surface area contributed by atoms with Crippen LogP contribution in [0.2, 0.25) is 0 Å². The molecule has 1 saturated heterocycles. The van der Waals surface area contributed by atoms with Gasteiger partial charge in [-0.25, -0.2) is 0 Å². The molecule has 0 bridgehead atoms. The highest BCUT2D eigenvalue weighted by atomic mass is 35.5. The molecule has 9 heteroatoms. The van der Waals surface area contributed by atoms with E-state index in [-0.39, 0.29) is 42.1 Å². The second kappa shape index (κ2) is 11.0. The summed E-state index contributed by atoms with van der Waals surface area (Å²) >= 11 is 0. The molecule has 3 aromatic carbocycles. The summed E-state index contributed by atoms with van der Waals surface area (Å²) in [6.45, 7) is 4.37. The van der Waals surface area contributed by atoms with Gasteiger partial charge in [0.15, 0.2) is 5.43 Å². The molecule has 0 N–H and O–H groups in total. The quantitative estimate of drug-likeness (QED) is 0.339. The van der Waals surface area contributed by atoms with E-state index in [2.05, 4.69) is 4.90 Å². The Balaban J connectivity index is 0.00000160. The first-order valence-electron chi connectivity index (χ1n) is 11.9. The molecular formula is C28H26Cl2N2O5. The van der Waals surface area contributed by atoms with Crippen molar-refractivity contribution in [2.45, 2.75) is 6.42 Å². The first-order chi connectivity index (χ1) is 17.1. The molecular weight excluding hydrogens is 515 g/mol. The molecule has 37 heavy (non-hydrogen) atoms. The van der Waals surface area contributed by atoms with Gasteiger partial charge in [-0.15, -0.1) is 24.8 Å². The number of rotatable bonds is 5. The first kappa shape index (κ1) is 26.8. The van der Waals surface area contributed by atoms with Gasteiger partial charge in [0.1, 0.15) is 11.3 Å². The minimum atomic E-state index is -0.285. The van der Waals surface area contributed by atoms with E-state index in [9.17, 15) is 14.4 Å². The zero-order chi connectivity index (χ0) is 23.9. The molecule has 3 heterocycles. The summed E-state index contributed by atoms with van der Waals surface area (Å²) in [4.78, 5) is 43.1. The number of hydrogen-bond donors (Lipinski definition) is 0. The average molecular weight is 541 g/mol. The van der Waals surface area contributed by atoms with Crippen molar-refractivity contribution in [3.63, 3.8) is 0 Å². The fourth-order valence-electron chi connectivity index (χ4n) is 5.08. The van der Waals surface area contributed by atoms with E-state index in [1.807, 2.05) is 18.2 Å². The van der Waals surface area contributed by atoms with Crippen molar-refractivity contribution in [2.75, 3.05) is 39.4 Å². The van der Waals surface area contributed by atoms with Gasteiger partial charge in [-0.3, -0.25) is 24.2 Å². The largest absolute Gasteiger partial charge is 0.456 e. The molecule has 2 aliphatic rings. The number of benzene rings is 3. The Bertz CT molecular complexity index is 1520. The van der Waals surface area contributed by atoms with Gasteiger partial charge < -0.3 is 9.15 Å². The number of imide groups is 1. The Kier molecular flexibility index (Phi) is 7.99. The van der Waals surface area contributed by atoms with E-state index in [4.69, 9.17) is 9.15 Å². The van der Waals surface area contributed by atoms with Crippen LogP contribution >= 0.6 is 24.8 Å². The van der Waals surface area contributed by atoms with Crippen LogP contribution in [0.5, 0.6) is 0 Å². The lowest BCUT2D eigenvalue weighted by Gasteiger charge is -2.30. The number of fused-ring (bicyclic) bond motifs is 1. The molecule has 2 amide bonds. The molecule has 1 fully saturated rings. The normalized spacial score (nSPS) is 15.5. The topological polar surface area (TPSA) is 80.1 Å². The first-order valence-corrected chi connectivity index (χ1v) is 11.9. The van der Waals surface area contributed by atoms with Gasteiger partial charge in [0, 0.05) is 54.3 Å². The predicted molar refractivity (Wildman–Crippen MR) is 147 cm³/mol. The van der Waals surface area contributed by atoms with Gasteiger partial charge in [-0.1, -0.05) is 24.3 Å². The standard InChI is InChI=1S/C28H24N2O5.2ClH/c31-23-17-25(35-24-8-2-1-5-20(23)24)18-9-10-22-26-19(18)6-3-7-21(26)27(32)30(28(22)33)12-4-11-29-13-15-34-16-14-29;;/h1-3,5-10,17H,4,11-16H2;2*1H. The van der Waals surface area contributed by atoms with Crippen molar-refractivity contribution in [3.8, 4) is 11.3 Å². The average Bonchev–Trinajstić information content (AvgIpc) is 2.89. The number of nitrogens with zero attached hydrogens (tertiary/aromatic N) is 2. The Labute approximate surface area is 225 Å². The molecule has 0 atom stereocenters. The van der Waals surface area contributed by atoms with E-state index in [1.165, 1.54) is 11.0 Å². The minimum absolute atomic E-state index is 0. The van der Waals surface area contributed by atoms with Crippen molar-refractivity contribution < 1.29 is 18.7 Å². The highest BCUT2D eigenvalue weighted by Crippen LogP contribution is 2.36. The van der Waals surface area contributed by atoms with Gasteiger partial charge in [0.05, 0.1) is 18.6 Å². The Hall–Kier alpha value is -3.23. The zero-order valence-electron chi connectivity index (χ0n) is 20.0. The predicted octanol–water partition coefficient (Wildman–Crippen LogP) is 4.78. The van der Waals surface area contributed by atoms with Crippen molar-refractivity contribution in [2.24, 2.45) is 0 Å². The molecule has 0 spiro atoms. The molecule has 4 aromatic rings. The van der Waals surface area contributed by atoms with Crippen LogP contribution in [0.3, 0.4) is 0 Å². The van der Waals surface area contributed by atoms with Gasteiger partial charge in [-0.2, -0.15) is 0 Å². The number of para-hydroxylation sites is 1. The van der Waals surface area contributed by atoms with Crippen LogP contribution in [0, 0.1) is 0 Å². The van der Waals surface area contributed by atoms with Crippen molar-refractivity contribution in [1.82, 2.24) is 9.80 Å². The Morgan fingerprint density at radius 2 is 1.41 bits per heavy atom. The Morgan fingerprint density at radius 3 is 2.19 bits per heavy atom. The van der Waals surface area contributed by atoms with E-state index in [1.54, 1.807) is 36.4 Å². The van der Waals surface area contributed by atoms with Crippen molar-refractivity contribution in [3.05, 3.63) is 82.0 Å². The third-order valence-corrected chi connectivity index (χ3v) is 6.85. The molecule has 2 aliphatic heterocycles. The lowest BCUT2D eigenvalue weighted by molar-refractivity contribution is 0.0352. The van der Waals surface area contributed by atoms with Crippen LogP contribution in [-0.2, 0) is 4.74 Å². The summed E-state index contributed by atoms with van der Waals surface area (Å²) in [5.74, 6) is -0.162. The fraction of sp³-hybridized carbons (Fsp3) is 0.250. The molecule has 1 aromatic heterocycles. The Morgan fingerprint density at radius 1 is 0.730 bits per heavy atom. The minimum Gasteiger partial charge on any atom is -0.456 e. The summed E-state index contributed by atoms with van der Waals surface area (Å²) in [5.41, 5.74) is 2.02. The molecule has 7 nitrogen and oxygen atoms in total. The number of hydrogen-bond acceptors (Lipinski definition) is 6. The van der Waals surface area contributed by atoms with E-state index < -0.39 is 0 Å². The SMILES string of the molecule is Cl.Cl.O=C1c2cccc3c(-c4cc(=O)c5ccccc5o4)ccc(c23)C(=O)N1CCCN1CCOCC1. The van der Waals surface area contributed by atoms with E-state index >= 15 is 0 Å². The summed E-state index contributed by atoms with van der Waals surface area (Å²) in [6.07, 6.45) is 0.711. The lowest BCUT2D eigenvalue weighted by Crippen LogP contribution is -2.43. The van der Waals surface area contributed by atoms with Gasteiger partial charge in [0.2, 0.25) is 0 Å². The zero-order valence-corrected chi connectivity index (χ0v) is 21.6. The third-order valence-electron chi connectivity index (χ3n) is 6.85. The fourth-order valence-corrected chi connectivity index (χ4v) is 5.08. The third kappa shape index (κ3) is 4.76. The maximum absolute atomic E-state index is 13.4. The number of amides is 2. The molecule has 6 rings (SSSR count). The van der Waals surface area contributed by atoms with Crippen LogP contribution < -0.4 is 5.43 Å². The summed E-state index contributed by atoms with van der Waals surface area (Å²) in [7, 11) is 0. The maximum atomic E-state index is 13.4. The molecule has 0 unspecified atom stereocenters. The highest BCUT2D eigenvalue weighted by Gasteiger charge is 2.33. The number of ether oxygens (including phenoxy) is 1. The maximum Gasteiger partial charge on any atom is 0.261 e. The van der Waals surface area contributed by atoms with Gasteiger partial charge in [0.25, 0.3) is 11.8 Å². The lowest BCUT2D eigenvalue weighted by atomic mass is 9.90. The number of carbonyl (C=O) groups is 2. The number of halogens is 2. The number of carbonyl (C=O) groups excluding carboxylic acids is 2. The molecule has 0 radical (unpaired) electrons. The van der Waals surface area contributed by atoms with Crippen LogP contribution in [-0.4, -0.2) is 61.0 Å². The van der Waals surface area contributed by atoms with Crippen molar-refractivity contribution >= 4 is 58.4 Å². The summed E-state index contributed by atoms with van der Waals surface area (Å²) in [5, 5.41) is 1.84. The second-order valence-corrected chi connectivity index (χ2v) is 8.93. The van der Waals surface area contributed by atoms with Gasteiger partial charge in [-0.05, 0) is 42.1 Å². The molecule has 0 aliphatic carbocycles. The van der Waals surface area contributed by atoms with Crippen LogP contribution in [0.15, 0.2) is 69.9 Å². The molecule has 192 valence electrons. The van der Waals surface area contributed by atoms with E-state index in [0.29, 0.717) is 57.2 Å². The van der Waals surface area contributed by atoms with Crippen molar-refractivity contribution in [1.29, 1.82) is 0 Å². The van der Waals surface area contributed by atoms with Crippen LogP contribution in [0.1, 0.15) is 27.1 Å². The van der Waals surface area contributed by atoms with Crippen LogP contribution in [0.4, 0.5) is 0 Å². The van der Waals surface area contributed by atoms with Gasteiger partial charge >= 0.3 is 0 Å². The monoisotopic (exact) mass is 540 g/mol. The van der Waals surface area contributed by atoms with E-state index in [0.717, 1.165) is 32.8 Å². The second-order valence-electron chi connectivity index (χ2n) is 8.93. The molecule has 0 saturated carbocycles. The number of morpholine rings is 1. The summed E-state index contributed by atoms with van der Waals surface area (Å²) < 4.78 is 11.4. The summed E-state index contributed by atoms with van der Waals surface area (Å²) in [6, 6.07) is 17.5.